The predicted molar refractivity (Wildman–Crippen MR) is 236 cm³/mol. The first kappa shape index (κ1) is 44.3. The number of aromatic carboxylic acids is 1. The van der Waals surface area contributed by atoms with E-state index in [0.29, 0.717) is 30.2 Å². The molecule has 8 nitrogen and oxygen atoms in total. The van der Waals surface area contributed by atoms with Gasteiger partial charge in [0, 0.05) is 44.5 Å². The molecule has 0 spiro atoms. The number of para-hydroxylation sites is 2. The fourth-order valence-corrected chi connectivity index (χ4v) is 11.0. The second-order valence-electron chi connectivity index (χ2n) is 15.2. The van der Waals surface area contributed by atoms with Crippen molar-refractivity contribution in [2.75, 3.05) is 62.7 Å². The Labute approximate surface area is 355 Å². The zero-order valence-electron chi connectivity index (χ0n) is 34.3. The summed E-state index contributed by atoms with van der Waals surface area (Å²) in [6, 6.07) is 30.7. The molecule has 1 aliphatic heterocycles. The molecule has 1 heterocycles. The number of carbonyl (C=O) groups excluding carboxylic acids is 1. The zero-order chi connectivity index (χ0) is 43.0. The van der Waals surface area contributed by atoms with E-state index in [4.69, 9.17) is 21.1 Å². The molecular weight excluding hydrogens is 807 g/mol. The van der Waals surface area contributed by atoms with Crippen molar-refractivity contribution in [3.05, 3.63) is 148 Å². The van der Waals surface area contributed by atoms with Crippen LogP contribution in [0.4, 0.5) is 35.9 Å². The van der Waals surface area contributed by atoms with Crippen LogP contribution in [0.1, 0.15) is 63.1 Å². The van der Waals surface area contributed by atoms with E-state index in [2.05, 4.69) is 18.4 Å². The fraction of sp³-hybridized carbons (Fsp3) is 0.298. The summed E-state index contributed by atoms with van der Waals surface area (Å²) < 4.78 is 60.4. The Balaban J connectivity index is 1.39. The summed E-state index contributed by atoms with van der Waals surface area (Å²) in [5.41, 5.74) is 1.29. The van der Waals surface area contributed by atoms with Gasteiger partial charge < -0.3 is 29.7 Å². The number of nitrogens with one attached hydrogen (secondary N) is 1. The number of amides is 1. The van der Waals surface area contributed by atoms with Crippen molar-refractivity contribution in [1.82, 2.24) is 5.32 Å². The molecule has 2 N–H and O–H groups in total. The van der Waals surface area contributed by atoms with Crippen LogP contribution >= 0.6 is 11.6 Å². The van der Waals surface area contributed by atoms with Gasteiger partial charge in [-0.1, -0.05) is 62.3 Å². The maximum atomic E-state index is 17.2. The lowest BCUT2D eigenvalue weighted by Crippen LogP contribution is -2.59. The van der Waals surface area contributed by atoms with Crippen LogP contribution in [0, 0.1) is 23.4 Å². The first-order valence-electron chi connectivity index (χ1n) is 20.1. The van der Waals surface area contributed by atoms with E-state index in [1.165, 1.54) is 0 Å². The molecule has 13 heteroatoms. The Bertz CT molecular complexity index is 2200. The molecule has 5 aromatic rings. The molecule has 60 heavy (non-hydrogen) atoms. The van der Waals surface area contributed by atoms with Gasteiger partial charge in [-0.05, 0) is 83.9 Å². The summed E-state index contributed by atoms with van der Waals surface area (Å²) in [6.45, 7) is 5.28. The van der Waals surface area contributed by atoms with Gasteiger partial charge in [-0.2, -0.15) is 8.78 Å². The highest BCUT2D eigenvalue weighted by molar-refractivity contribution is 7.01. The summed E-state index contributed by atoms with van der Waals surface area (Å²) in [5, 5.41) is 14.5. The quantitative estimate of drug-likeness (QED) is 0.0282. The Hall–Kier alpha value is -5.27. The number of carbonyl (C=O) groups is 2. The number of nitrogens with zero attached hydrogens (tertiary/aromatic N) is 2. The summed E-state index contributed by atoms with van der Waals surface area (Å²) in [4.78, 5) is 30.4. The number of benzene rings is 5. The molecule has 1 amide bonds. The molecule has 0 saturated heterocycles. The number of rotatable bonds is 19. The molecule has 1 aliphatic rings. The standard InChI is InChI=1S/C47H49ClF3N3O5Si/c1-53(31-15-9-7-10-16-31)33-19-21-35-37(29-33)60(3,4)38-30-34(54(2)32-17-11-8-12-18-32)20-22-36(38)39(35)40-41(47(56)57)44(50)45(51)42(43(40)49)46(55)52-24-26-59-28-27-58-25-14-6-5-13-23-48/h7-12,15-22,29-30H,5-6,13-14,23-28H2,1-4H3,(H-,52,55,56,57)/p+1. The highest BCUT2D eigenvalue weighted by atomic mass is 35.5. The Morgan fingerprint density at radius 2 is 1.17 bits per heavy atom. The van der Waals surface area contributed by atoms with Crippen LogP contribution in [-0.2, 0) is 9.47 Å². The molecule has 0 atom stereocenters. The molecule has 0 fully saturated rings. The minimum absolute atomic E-state index is 0.00598. The van der Waals surface area contributed by atoms with Crippen LogP contribution in [0.25, 0.3) is 0 Å². The topological polar surface area (TPSA) is 91.3 Å². The van der Waals surface area contributed by atoms with Crippen LogP contribution < -0.4 is 25.5 Å². The lowest BCUT2D eigenvalue weighted by atomic mass is 9.80. The fourth-order valence-electron chi connectivity index (χ4n) is 7.71. The number of fused-ring (bicyclic) bond motifs is 2. The molecule has 0 saturated carbocycles. The van der Waals surface area contributed by atoms with E-state index in [-0.39, 0.29) is 25.7 Å². The lowest BCUT2D eigenvalue weighted by molar-refractivity contribution is 0.0468. The normalized spacial score (nSPS) is 12.8. The van der Waals surface area contributed by atoms with Gasteiger partial charge in [-0.25, -0.2) is 9.18 Å². The van der Waals surface area contributed by atoms with Crippen molar-refractivity contribution in [2.24, 2.45) is 0 Å². The number of hydrogen-bond acceptors (Lipinski definition) is 6. The third-order valence-electron chi connectivity index (χ3n) is 11.0. The molecular formula is C47H50ClF3N3O5Si+. The summed E-state index contributed by atoms with van der Waals surface area (Å²) in [6.07, 6.45) is 3.92. The average molecular weight is 857 g/mol. The Morgan fingerprint density at radius 3 is 1.68 bits per heavy atom. The summed E-state index contributed by atoms with van der Waals surface area (Å²) in [7, 11) is 1.10. The molecule has 0 aromatic heterocycles. The summed E-state index contributed by atoms with van der Waals surface area (Å²) in [5.74, 6) is -7.63. The van der Waals surface area contributed by atoms with Crippen molar-refractivity contribution in [3.8, 4) is 0 Å². The molecule has 6 rings (SSSR count). The summed E-state index contributed by atoms with van der Waals surface area (Å²) >= 11 is 5.70. The number of anilines is 4. The number of carboxylic acid groups (broad SMARTS) is 1. The van der Waals surface area contributed by atoms with Gasteiger partial charge in [0.05, 0.1) is 48.2 Å². The molecule has 0 bridgehead atoms. The van der Waals surface area contributed by atoms with Gasteiger partial charge in [-0.15, -0.1) is 11.6 Å². The highest BCUT2D eigenvalue weighted by Crippen LogP contribution is 2.42. The van der Waals surface area contributed by atoms with Gasteiger partial charge in [0.1, 0.15) is 11.1 Å². The zero-order valence-corrected chi connectivity index (χ0v) is 36.1. The van der Waals surface area contributed by atoms with Gasteiger partial charge in [0.25, 0.3) is 5.91 Å². The number of halogens is 4. The monoisotopic (exact) mass is 856 g/mol. The molecule has 0 aliphatic carbocycles. The van der Waals surface area contributed by atoms with Gasteiger partial charge in [0.15, 0.2) is 31.1 Å². The minimum atomic E-state index is -2.75. The third kappa shape index (κ3) is 9.37. The Kier molecular flexibility index (Phi) is 14.7. The SMILES string of the molecule is CN(c1ccccc1)c1ccc2c(c1)[Si](C)(C)c1cc(N(C)c3ccccc3)ccc1[C+]2c1c(F)c(C(=O)NCCOCCOCCCCCCCl)c(F)c(F)c1C(=O)O. The first-order chi connectivity index (χ1) is 28.9. The van der Waals surface area contributed by atoms with Crippen molar-refractivity contribution in [2.45, 2.75) is 38.8 Å². The number of ether oxygens (including phenoxy) is 2. The number of alkyl halides is 1. The second kappa shape index (κ2) is 19.9. The molecule has 5 aromatic carbocycles. The maximum absolute atomic E-state index is 17.2. The van der Waals surface area contributed by atoms with Crippen molar-refractivity contribution >= 4 is 64.7 Å². The average Bonchev–Trinajstić information content (AvgIpc) is 3.25. The van der Waals surface area contributed by atoms with Crippen molar-refractivity contribution in [1.29, 1.82) is 0 Å². The van der Waals surface area contributed by atoms with E-state index >= 15 is 13.2 Å². The van der Waals surface area contributed by atoms with E-state index < -0.39 is 54.1 Å². The van der Waals surface area contributed by atoms with E-state index in [9.17, 15) is 14.7 Å². The second-order valence-corrected chi connectivity index (χ2v) is 19.9. The van der Waals surface area contributed by atoms with Gasteiger partial charge >= 0.3 is 5.97 Å². The number of carboxylic acids is 1. The smallest absolute Gasteiger partial charge is 0.364 e. The van der Waals surface area contributed by atoms with Crippen LogP contribution in [0.15, 0.2) is 97.1 Å². The highest BCUT2D eigenvalue weighted by Gasteiger charge is 2.49. The van der Waals surface area contributed by atoms with Gasteiger partial charge in [0.2, 0.25) is 0 Å². The van der Waals surface area contributed by atoms with E-state index in [1.807, 2.05) is 109 Å². The Morgan fingerprint density at radius 1 is 0.667 bits per heavy atom. The third-order valence-corrected chi connectivity index (χ3v) is 14.8. The van der Waals surface area contributed by atoms with Crippen LogP contribution in [0.3, 0.4) is 0 Å². The number of hydrogen-bond donors (Lipinski definition) is 2. The minimum Gasteiger partial charge on any atom is -0.473 e. The van der Waals surface area contributed by atoms with Crippen LogP contribution in [0.2, 0.25) is 13.1 Å². The van der Waals surface area contributed by atoms with Crippen LogP contribution in [-0.4, -0.2) is 78.0 Å². The predicted octanol–water partition coefficient (Wildman–Crippen LogP) is 9.06. The van der Waals surface area contributed by atoms with Crippen molar-refractivity contribution in [3.63, 3.8) is 0 Å². The largest absolute Gasteiger partial charge is 0.473 e. The van der Waals surface area contributed by atoms with Gasteiger partial charge in [-0.3, -0.25) is 4.79 Å². The van der Waals surface area contributed by atoms with Crippen LogP contribution in [0.5, 0.6) is 0 Å². The lowest BCUT2D eigenvalue weighted by Gasteiger charge is -2.35. The first-order valence-corrected chi connectivity index (χ1v) is 23.6. The molecule has 0 unspecified atom stereocenters. The molecule has 314 valence electrons. The molecule has 0 radical (unpaired) electrons. The van der Waals surface area contributed by atoms with Crippen molar-refractivity contribution < 1.29 is 37.3 Å². The number of unbranched alkanes of at least 4 members (excludes halogenated alkanes) is 3. The van der Waals surface area contributed by atoms with E-state index in [1.54, 1.807) is 12.1 Å². The maximum Gasteiger partial charge on any atom is 0.364 e. The van der Waals surface area contributed by atoms with E-state index in [0.717, 1.165) is 58.8 Å².